The summed E-state index contributed by atoms with van der Waals surface area (Å²) >= 11 is 0. The van der Waals surface area contributed by atoms with Crippen LogP contribution in [0.15, 0.2) is 18.2 Å². The van der Waals surface area contributed by atoms with E-state index >= 15 is 0 Å². The van der Waals surface area contributed by atoms with Gasteiger partial charge in [0.05, 0.1) is 12.5 Å². The van der Waals surface area contributed by atoms with E-state index in [1.54, 1.807) is 0 Å². The highest BCUT2D eigenvalue weighted by Gasteiger charge is 2.24. The maximum absolute atomic E-state index is 9.07. The van der Waals surface area contributed by atoms with Crippen LogP contribution in [0.4, 0.5) is 0 Å². The predicted molar refractivity (Wildman–Crippen MR) is 70.0 cm³/mol. The minimum Gasteiger partial charge on any atom is -0.454 e. The first-order valence-corrected chi connectivity index (χ1v) is 6.60. The minimum atomic E-state index is 0.140. The number of hydrogen-bond donors (Lipinski definition) is 1. The molecule has 0 amide bonds. The Balaban J connectivity index is 1.84. The van der Waals surface area contributed by atoms with Crippen molar-refractivity contribution in [3.63, 3.8) is 0 Å². The third-order valence-corrected chi connectivity index (χ3v) is 3.66. The normalized spacial score (nSPS) is 19.9. The Morgan fingerprint density at radius 2 is 2.05 bits per heavy atom. The van der Waals surface area contributed by atoms with Crippen LogP contribution in [0.3, 0.4) is 0 Å². The lowest BCUT2D eigenvalue weighted by molar-refractivity contribution is 0.171. The maximum atomic E-state index is 9.07. The van der Waals surface area contributed by atoms with Crippen molar-refractivity contribution in [2.45, 2.75) is 12.5 Å². The van der Waals surface area contributed by atoms with Crippen LogP contribution in [0, 0.1) is 11.3 Å². The Bertz CT molecular complexity index is 492. The van der Waals surface area contributed by atoms with Crippen molar-refractivity contribution in [2.75, 3.05) is 33.0 Å². The van der Waals surface area contributed by atoms with E-state index in [2.05, 4.69) is 16.3 Å². The van der Waals surface area contributed by atoms with Crippen molar-refractivity contribution < 1.29 is 9.47 Å². The van der Waals surface area contributed by atoms with E-state index in [9.17, 15) is 0 Å². The molecule has 3 rings (SSSR count). The Labute approximate surface area is 112 Å². The molecule has 0 radical (unpaired) electrons. The van der Waals surface area contributed by atoms with Crippen LogP contribution in [0.5, 0.6) is 11.5 Å². The van der Waals surface area contributed by atoms with Crippen LogP contribution in [0.1, 0.15) is 18.0 Å². The van der Waals surface area contributed by atoms with Crippen molar-refractivity contribution in [3.05, 3.63) is 23.8 Å². The summed E-state index contributed by atoms with van der Waals surface area (Å²) < 4.78 is 10.7. The Hall–Kier alpha value is -1.77. The van der Waals surface area contributed by atoms with E-state index in [1.807, 2.05) is 18.2 Å². The van der Waals surface area contributed by atoms with E-state index in [0.717, 1.165) is 43.2 Å². The number of piperazine rings is 1. The number of nitrogens with zero attached hydrogens (tertiary/aromatic N) is 2. The smallest absolute Gasteiger partial charge is 0.231 e. The average Bonchev–Trinajstić information content (AvgIpc) is 2.93. The van der Waals surface area contributed by atoms with Gasteiger partial charge < -0.3 is 14.8 Å². The molecule has 1 aromatic rings. The van der Waals surface area contributed by atoms with E-state index in [0.29, 0.717) is 6.42 Å². The lowest BCUT2D eigenvalue weighted by Gasteiger charge is -2.34. The molecule has 0 bridgehead atoms. The molecular formula is C14H17N3O2. The second-order valence-electron chi connectivity index (χ2n) is 4.78. The first-order chi connectivity index (χ1) is 9.38. The lowest BCUT2D eigenvalue weighted by atomic mass is 10.0. The number of nitrogens with one attached hydrogen (secondary N) is 1. The summed E-state index contributed by atoms with van der Waals surface area (Å²) in [7, 11) is 0. The van der Waals surface area contributed by atoms with E-state index in [1.165, 1.54) is 0 Å². The number of rotatable bonds is 3. The number of ether oxygens (including phenoxy) is 2. The van der Waals surface area contributed by atoms with Crippen molar-refractivity contribution in [1.82, 2.24) is 10.2 Å². The van der Waals surface area contributed by atoms with Crippen LogP contribution in [0.2, 0.25) is 0 Å². The fraction of sp³-hybridized carbons (Fsp3) is 0.500. The molecule has 2 aliphatic heterocycles. The zero-order valence-corrected chi connectivity index (χ0v) is 10.8. The first-order valence-electron chi connectivity index (χ1n) is 6.60. The zero-order chi connectivity index (χ0) is 13.1. The maximum Gasteiger partial charge on any atom is 0.231 e. The largest absolute Gasteiger partial charge is 0.454 e. The van der Waals surface area contributed by atoms with Crippen molar-refractivity contribution in [3.8, 4) is 17.6 Å². The lowest BCUT2D eigenvalue weighted by Crippen LogP contribution is -2.45. The number of fused-ring (bicyclic) bond motifs is 1. The number of hydrogen-bond acceptors (Lipinski definition) is 5. The van der Waals surface area contributed by atoms with E-state index < -0.39 is 0 Å². The Kier molecular flexibility index (Phi) is 3.53. The van der Waals surface area contributed by atoms with Gasteiger partial charge in [-0.1, -0.05) is 6.07 Å². The molecule has 19 heavy (non-hydrogen) atoms. The molecule has 5 nitrogen and oxygen atoms in total. The molecule has 2 heterocycles. The van der Waals surface area contributed by atoms with Gasteiger partial charge in [0.2, 0.25) is 6.79 Å². The van der Waals surface area contributed by atoms with Crippen molar-refractivity contribution in [2.24, 2.45) is 0 Å². The van der Waals surface area contributed by atoms with Crippen LogP contribution in [0.25, 0.3) is 0 Å². The summed E-state index contributed by atoms with van der Waals surface area (Å²) in [6, 6.07) is 8.42. The predicted octanol–water partition coefficient (Wildman–Crippen LogP) is 1.28. The topological polar surface area (TPSA) is 57.5 Å². The molecule has 0 unspecified atom stereocenters. The SMILES string of the molecule is N#CC[C@H](c1ccc2c(c1)OCO2)N1CCNCC1. The minimum absolute atomic E-state index is 0.140. The molecule has 0 spiro atoms. The quantitative estimate of drug-likeness (QED) is 0.886. The Morgan fingerprint density at radius 3 is 2.84 bits per heavy atom. The van der Waals surface area contributed by atoms with Gasteiger partial charge in [-0.05, 0) is 17.7 Å². The summed E-state index contributed by atoms with van der Waals surface area (Å²) in [5.41, 5.74) is 1.13. The highest BCUT2D eigenvalue weighted by atomic mass is 16.7. The van der Waals surface area contributed by atoms with Crippen LogP contribution in [-0.4, -0.2) is 37.9 Å². The average molecular weight is 259 g/mol. The highest BCUT2D eigenvalue weighted by molar-refractivity contribution is 5.45. The molecule has 1 fully saturated rings. The molecule has 0 aliphatic carbocycles. The third-order valence-electron chi connectivity index (χ3n) is 3.66. The van der Waals surface area contributed by atoms with Crippen molar-refractivity contribution >= 4 is 0 Å². The molecule has 1 aromatic carbocycles. The molecular weight excluding hydrogens is 242 g/mol. The number of nitriles is 1. The van der Waals surface area contributed by atoms with E-state index in [4.69, 9.17) is 14.7 Å². The van der Waals surface area contributed by atoms with Gasteiger partial charge in [-0.25, -0.2) is 0 Å². The molecule has 1 saturated heterocycles. The summed E-state index contributed by atoms with van der Waals surface area (Å²) in [5.74, 6) is 1.58. The van der Waals surface area contributed by atoms with E-state index in [-0.39, 0.29) is 12.8 Å². The van der Waals surface area contributed by atoms with Gasteiger partial charge in [-0.3, -0.25) is 4.90 Å². The van der Waals surface area contributed by atoms with Gasteiger partial charge in [0, 0.05) is 32.2 Å². The second kappa shape index (κ2) is 5.47. The van der Waals surface area contributed by atoms with Gasteiger partial charge in [0.1, 0.15) is 0 Å². The molecule has 5 heteroatoms. The first kappa shape index (κ1) is 12.3. The molecule has 1 N–H and O–H groups in total. The second-order valence-corrected chi connectivity index (χ2v) is 4.78. The summed E-state index contributed by atoms with van der Waals surface area (Å²) in [5, 5.41) is 12.4. The van der Waals surface area contributed by atoms with Crippen LogP contribution < -0.4 is 14.8 Å². The summed E-state index contributed by atoms with van der Waals surface area (Å²) in [6.45, 7) is 4.19. The van der Waals surface area contributed by atoms with Gasteiger partial charge in [0.25, 0.3) is 0 Å². The van der Waals surface area contributed by atoms with Gasteiger partial charge >= 0.3 is 0 Å². The molecule has 100 valence electrons. The zero-order valence-electron chi connectivity index (χ0n) is 10.8. The highest BCUT2D eigenvalue weighted by Crippen LogP contribution is 2.36. The van der Waals surface area contributed by atoms with Gasteiger partial charge in [-0.15, -0.1) is 0 Å². The fourth-order valence-electron chi connectivity index (χ4n) is 2.66. The van der Waals surface area contributed by atoms with Crippen molar-refractivity contribution in [1.29, 1.82) is 5.26 Å². The Morgan fingerprint density at radius 1 is 1.26 bits per heavy atom. The standard InChI is InChI=1S/C14H17N3O2/c15-4-3-12(17-7-5-16-6-8-17)11-1-2-13-14(9-11)19-10-18-13/h1-2,9,12,16H,3,5-8,10H2/t12-/m1/s1. The monoisotopic (exact) mass is 259 g/mol. The molecule has 2 aliphatic rings. The fourth-order valence-corrected chi connectivity index (χ4v) is 2.66. The summed E-state index contributed by atoms with van der Waals surface area (Å²) in [6.07, 6.45) is 0.500. The third kappa shape index (κ3) is 2.50. The van der Waals surface area contributed by atoms with Crippen LogP contribution >= 0.6 is 0 Å². The summed E-state index contributed by atoms with van der Waals surface area (Å²) in [4.78, 5) is 2.36. The molecule has 0 aromatic heterocycles. The number of benzene rings is 1. The molecule has 0 saturated carbocycles. The van der Waals surface area contributed by atoms with Gasteiger partial charge in [-0.2, -0.15) is 5.26 Å². The molecule has 1 atom stereocenters. The van der Waals surface area contributed by atoms with Gasteiger partial charge in [0.15, 0.2) is 11.5 Å². The van der Waals surface area contributed by atoms with Crippen LogP contribution in [-0.2, 0) is 0 Å².